The molecule has 0 spiro atoms. The zero-order valence-corrected chi connectivity index (χ0v) is 17.8. The van der Waals surface area contributed by atoms with Crippen molar-refractivity contribution < 1.29 is 14.3 Å². The second kappa shape index (κ2) is 8.62. The minimum Gasteiger partial charge on any atom is -0.496 e. The van der Waals surface area contributed by atoms with Gasteiger partial charge in [-0.1, -0.05) is 30.3 Å². The van der Waals surface area contributed by atoms with Crippen LogP contribution >= 0.6 is 0 Å². The van der Waals surface area contributed by atoms with Crippen LogP contribution in [-0.4, -0.2) is 24.5 Å². The molecule has 0 radical (unpaired) electrons. The van der Waals surface area contributed by atoms with Crippen molar-refractivity contribution in [2.24, 2.45) is 0 Å². The molecule has 4 rings (SSSR count). The summed E-state index contributed by atoms with van der Waals surface area (Å²) in [6, 6.07) is 20.1. The predicted molar refractivity (Wildman–Crippen MR) is 118 cm³/mol. The van der Waals surface area contributed by atoms with E-state index in [-0.39, 0.29) is 5.91 Å². The molecule has 154 valence electrons. The smallest absolute Gasteiger partial charge is 0.254 e. The number of methoxy groups -OCH3 is 1. The quantitative estimate of drug-likeness (QED) is 0.598. The Hall–Kier alpha value is -3.27. The van der Waals surface area contributed by atoms with Gasteiger partial charge in [-0.15, -0.1) is 0 Å². The molecule has 0 unspecified atom stereocenters. The van der Waals surface area contributed by atoms with Crippen LogP contribution in [0.4, 0.5) is 0 Å². The first-order valence-electron chi connectivity index (χ1n) is 10.3. The minimum absolute atomic E-state index is 0.0415. The average Bonchev–Trinajstić information content (AvgIpc) is 2.76. The molecule has 1 heterocycles. The molecule has 3 aromatic rings. The standard InChI is InChI=1S/C26H27NO3/c1-18-12-19(2)14-24(13-18)30-17-23-15-21(8-9-25(23)29-3)26(28)27-11-10-20-6-4-5-7-22(20)16-27/h4-9,12-15H,10-11,16-17H2,1-3H3. The van der Waals surface area contributed by atoms with Crippen molar-refractivity contribution in [3.63, 3.8) is 0 Å². The summed E-state index contributed by atoms with van der Waals surface area (Å²) in [5.74, 6) is 1.58. The fourth-order valence-corrected chi connectivity index (χ4v) is 4.05. The number of aryl methyl sites for hydroxylation is 2. The van der Waals surface area contributed by atoms with E-state index in [1.807, 2.05) is 41.3 Å². The fourth-order valence-electron chi connectivity index (χ4n) is 4.05. The number of rotatable bonds is 5. The molecule has 1 aliphatic rings. The molecule has 3 aromatic carbocycles. The van der Waals surface area contributed by atoms with E-state index in [1.54, 1.807) is 7.11 Å². The van der Waals surface area contributed by atoms with Crippen molar-refractivity contribution in [1.82, 2.24) is 4.90 Å². The van der Waals surface area contributed by atoms with E-state index < -0.39 is 0 Å². The SMILES string of the molecule is COc1ccc(C(=O)N2CCc3ccccc3C2)cc1COc1cc(C)cc(C)c1. The van der Waals surface area contributed by atoms with E-state index in [9.17, 15) is 4.79 Å². The van der Waals surface area contributed by atoms with Crippen molar-refractivity contribution in [3.05, 3.63) is 94.0 Å². The van der Waals surface area contributed by atoms with Gasteiger partial charge >= 0.3 is 0 Å². The zero-order chi connectivity index (χ0) is 21.1. The number of carbonyl (C=O) groups is 1. The van der Waals surface area contributed by atoms with Crippen LogP contribution in [0.2, 0.25) is 0 Å². The Balaban J connectivity index is 1.52. The average molecular weight is 402 g/mol. The van der Waals surface area contributed by atoms with Crippen LogP contribution < -0.4 is 9.47 Å². The van der Waals surface area contributed by atoms with Crippen LogP contribution in [-0.2, 0) is 19.6 Å². The molecule has 0 bridgehead atoms. The zero-order valence-electron chi connectivity index (χ0n) is 17.8. The number of hydrogen-bond acceptors (Lipinski definition) is 3. The number of amides is 1. The van der Waals surface area contributed by atoms with Crippen LogP contribution in [0.25, 0.3) is 0 Å². The van der Waals surface area contributed by atoms with Gasteiger partial charge in [0.1, 0.15) is 18.1 Å². The van der Waals surface area contributed by atoms with Gasteiger partial charge in [-0.25, -0.2) is 0 Å². The summed E-state index contributed by atoms with van der Waals surface area (Å²) in [5, 5.41) is 0. The normalized spacial score (nSPS) is 13.0. The van der Waals surface area contributed by atoms with Crippen LogP contribution in [0.1, 0.15) is 38.2 Å². The summed E-state index contributed by atoms with van der Waals surface area (Å²) in [6.45, 7) is 5.83. The second-order valence-electron chi connectivity index (χ2n) is 7.88. The van der Waals surface area contributed by atoms with Crippen molar-refractivity contribution in [2.75, 3.05) is 13.7 Å². The van der Waals surface area contributed by atoms with E-state index in [4.69, 9.17) is 9.47 Å². The maximum Gasteiger partial charge on any atom is 0.254 e. The van der Waals surface area contributed by atoms with Crippen molar-refractivity contribution >= 4 is 5.91 Å². The molecule has 4 heteroatoms. The third kappa shape index (κ3) is 4.33. The summed E-state index contributed by atoms with van der Waals surface area (Å²) in [4.78, 5) is 15.1. The lowest BCUT2D eigenvalue weighted by molar-refractivity contribution is 0.0734. The number of hydrogen-bond donors (Lipinski definition) is 0. The molecule has 1 amide bonds. The first-order chi connectivity index (χ1) is 14.5. The molecule has 0 aromatic heterocycles. The van der Waals surface area contributed by atoms with Gasteiger partial charge in [-0.2, -0.15) is 0 Å². The van der Waals surface area contributed by atoms with E-state index in [0.29, 0.717) is 18.7 Å². The van der Waals surface area contributed by atoms with Gasteiger partial charge in [-0.3, -0.25) is 4.79 Å². The predicted octanol–water partition coefficient (Wildman–Crippen LogP) is 5.09. The van der Waals surface area contributed by atoms with Gasteiger partial charge in [0.05, 0.1) is 7.11 Å². The number of benzene rings is 3. The minimum atomic E-state index is 0.0415. The molecule has 0 fully saturated rings. The van der Waals surface area contributed by atoms with Crippen molar-refractivity contribution in [1.29, 1.82) is 0 Å². The first-order valence-corrected chi connectivity index (χ1v) is 10.3. The highest BCUT2D eigenvalue weighted by Crippen LogP contribution is 2.26. The van der Waals surface area contributed by atoms with Gasteiger partial charge in [-0.05, 0) is 72.9 Å². The summed E-state index contributed by atoms with van der Waals surface area (Å²) in [6.07, 6.45) is 0.890. The van der Waals surface area contributed by atoms with Gasteiger partial charge in [0.2, 0.25) is 0 Å². The molecule has 30 heavy (non-hydrogen) atoms. The summed E-state index contributed by atoms with van der Waals surface area (Å²) < 4.78 is 11.5. The molecule has 0 aliphatic carbocycles. The Bertz CT molecular complexity index is 1050. The van der Waals surface area contributed by atoms with Crippen molar-refractivity contribution in [3.8, 4) is 11.5 Å². The van der Waals surface area contributed by atoms with Gasteiger partial charge in [0.25, 0.3) is 5.91 Å². The monoisotopic (exact) mass is 401 g/mol. The van der Waals surface area contributed by atoms with Crippen LogP contribution in [0.5, 0.6) is 11.5 Å². The Morgan fingerprint density at radius 1 is 0.967 bits per heavy atom. The van der Waals surface area contributed by atoms with E-state index in [0.717, 1.165) is 41.2 Å². The van der Waals surface area contributed by atoms with Crippen molar-refractivity contribution in [2.45, 2.75) is 33.4 Å². The number of nitrogens with zero attached hydrogens (tertiary/aromatic N) is 1. The number of ether oxygens (including phenoxy) is 2. The fraction of sp³-hybridized carbons (Fsp3) is 0.269. The summed E-state index contributed by atoms with van der Waals surface area (Å²) in [5.41, 5.74) is 6.40. The lowest BCUT2D eigenvalue weighted by Gasteiger charge is -2.29. The lowest BCUT2D eigenvalue weighted by Crippen LogP contribution is -2.36. The van der Waals surface area contributed by atoms with Crippen LogP contribution in [0, 0.1) is 13.8 Å². The van der Waals surface area contributed by atoms with Gasteiger partial charge < -0.3 is 14.4 Å². The molecule has 0 saturated heterocycles. The highest BCUT2D eigenvalue weighted by molar-refractivity contribution is 5.94. The largest absolute Gasteiger partial charge is 0.496 e. The summed E-state index contributed by atoms with van der Waals surface area (Å²) >= 11 is 0. The molecule has 0 atom stereocenters. The first kappa shape index (κ1) is 20.0. The molecule has 1 aliphatic heterocycles. The third-order valence-electron chi connectivity index (χ3n) is 5.53. The number of fused-ring (bicyclic) bond motifs is 1. The molecule has 0 saturated carbocycles. The maximum absolute atomic E-state index is 13.2. The third-order valence-corrected chi connectivity index (χ3v) is 5.53. The Labute approximate surface area is 178 Å². The van der Waals surface area contributed by atoms with Gasteiger partial charge in [0, 0.05) is 24.2 Å². The van der Waals surface area contributed by atoms with E-state index in [1.165, 1.54) is 11.1 Å². The lowest BCUT2D eigenvalue weighted by atomic mass is 9.99. The Kier molecular flexibility index (Phi) is 5.75. The van der Waals surface area contributed by atoms with E-state index >= 15 is 0 Å². The topological polar surface area (TPSA) is 38.8 Å². The molecule has 0 N–H and O–H groups in total. The van der Waals surface area contributed by atoms with Crippen LogP contribution in [0.15, 0.2) is 60.7 Å². The van der Waals surface area contributed by atoms with Crippen LogP contribution in [0.3, 0.4) is 0 Å². The molecular weight excluding hydrogens is 374 g/mol. The summed E-state index contributed by atoms with van der Waals surface area (Å²) in [7, 11) is 1.64. The Morgan fingerprint density at radius 3 is 2.43 bits per heavy atom. The highest BCUT2D eigenvalue weighted by Gasteiger charge is 2.22. The molecule has 4 nitrogen and oxygen atoms in total. The highest BCUT2D eigenvalue weighted by atomic mass is 16.5. The Morgan fingerprint density at radius 2 is 1.70 bits per heavy atom. The maximum atomic E-state index is 13.2. The number of carbonyl (C=O) groups excluding carboxylic acids is 1. The van der Waals surface area contributed by atoms with Gasteiger partial charge in [0.15, 0.2) is 0 Å². The van der Waals surface area contributed by atoms with E-state index in [2.05, 4.69) is 38.1 Å². The molecular formula is C26H27NO3. The second-order valence-corrected chi connectivity index (χ2v) is 7.88.